The average molecular weight is 407 g/mol. The molecule has 0 aliphatic rings. The monoisotopic (exact) mass is 407 g/mol. The van der Waals surface area contributed by atoms with Crippen LogP contribution >= 0.6 is 0 Å². The Labute approximate surface area is 169 Å². The molecule has 0 saturated carbocycles. The first-order valence-corrected chi connectivity index (χ1v) is 11.1. The summed E-state index contributed by atoms with van der Waals surface area (Å²) in [5.41, 5.74) is 3.75. The summed E-state index contributed by atoms with van der Waals surface area (Å²) in [6.45, 7) is 3.96. The number of imidazole rings is 1. The largest absolute Gasteiger partial charge is 0.348 e. The lowest BCUT2D eigenvalue weighted by atomic mass is 10.1. The van der Waals surface area contributed by atoms with E-state index >= 15 is 0 Å². The van der Waals surface area contributed by atoms with Gasteiger partial charge in [0.05, 0.1) is 24.1 Å². The lowest BCUT2D eigenvalue weighted by Crippen LogP contribution is -2.12. The SMILES string of the molecule is Cc1cccn2c(-c3nc(N[C@@H](C)c4ccccc4)ncc3S(C)(=O)=O)cnc12. The van der Waals surface area contributed by atoms with Crippen molar-refractivity contribution in [2.75, 3.05) is 11.6 Å². The first kappa shape index (κ1) is 19.1. The van der Waals surface area contributed by atoms with Crippen LogP contribution in [0.5, 0.6) is 0 Å². The van der Waals surface area contributed by atoms with E-state index in [0.29, 0.717) is 17.3 Å². The number of anilines is 1. The van der Waals surface area contributed by atoms with Gasteiger partial charge in [-0.3, -0.25) is 4.40 Å². The molecular weight excluding hydrogens is 386 g/mol. The molecule has 0 fully saturated rings. The molecule has 0 radical (unpaired) electrons. The van der Waals surface area contributed by atoms with Crippen molar-refractivity contribution in [2.45, 2.75) is 24.8 Å². The van der Waals surface area contributed by atoms with Crippen molar-refractivity contribution in [1.29, 1.82) is 0 Å². The summed E-state index contributed by atoms with van der Waals surface area (Å²) in [5, 5.41) is 3.25. The standard InChI is InChI=1S/C21H21N5O2S/c1-14-8-7-11-26-17(12-22-20(14)26)19-18(29(3,27)28)13-23-21(25-19)24-15(2)16-9-5-4-6-10-16/h4-13,15H,1-3H3,(H,23,24,25)/t15-/m0/s1. The highest BCUT2D eigenvalue weighted by Crippen LogP contribution is 2.28. The average Bonchev–Trinajstić information content (AvgIpc) is 3.13. The molecule has 8 heteroatoms. The molecule has 29 heavy (non-hydrogen) atoms. The lowest BCUT2D eigenvalue weighted by Gasteiger charge is -2.15. The molecule has 1 atom stereocenters. The van der Waals surface area contributed by atoms with E-state index in [-0.39, 0.29) is 10.9 Å². The van der Waals surface area contributed by atoms with Crippen molar-refractivity contribution < 1.29 is 8.42 Å². The Balaban J connectivity index is 1.83. The number of rotatable bonds is 5. The molecule has 3 heterocycles. The summed E-state index contributed by atoms with van der Waals surface area (Å²) in [6.07, 6.45) is 6.00. The van der Waals surface area contributed by atoms with Gasteiger partial charge in [0.15, 0.2) is 9.84 Å². The van der Waals surface area contributed by atoms with Crippen molar-refractivity contribution in [3.8, 4) is 11.4 Å². The molecule has 3 aromatic heterocycles. The van der Waals surface area contributed by atoms with Gasteiger partial charge in [-0.25, -0.2) is 23.4 Å². The van der Waals surface area contributed by atoms with Crippen molar-refractivity contribution in [3.63, 3.8) is 0 Å². The van der Waals surface area contributed by atoms with E-state index in [4.69, 9.17) is 0 Å². The van der Waals surface area contributed by atoms with Gasteiger partial charge >= 0.3 is 0 Å². The Hall–Kier alpha value is -3.26. The zero-order valence-electron chi connectivity index (χ0n) is 16.4. The molecule has 1 aromatic carbocycles. The number of hydrogen-bond donors (Lipinski definition) is 1. The predicted molar refractivity (Wildman–Crippen MR) is 113 cm³/mol. The number of benzene rings is 1. The molecule has 0 unspecified atom stereocenters. The highest BCUT2D eigenvalue weighted by Gasteiger charge is 2.21. The third kappa shape index (κ3) is 3.71. The van der Waals surface area contributed by atoms with Crippen LogP contribution in [0.1, 0.15) is 24.1 Å². The molecule has 0 saturated heterocycles. The number of fused-ring (bicyclic) bond motifs is 1. The minimum Gasteiger partial charge on any atom is -0.348 e. The van der Waals surface area contributed by atoms with E-state index in [0.717, 1.165) is 23.0 Å². The number of sulfone groups is 1. The van der Waals surface area contributed by atoms with Crippen LogP contribution in [-0.4, -0.2) is 34.0 Å². The summed E-state index contributed by atoms with van der Waals surface area (Å²) in [7, 11) is -3.53. The quantitative estimate of drug-likeness (QED) is 0.543. The fourth-order valence-electron chi connectivity index (χ4n) is 3.24. The van der Waals surface area contributed by atoms with Crippen LogP contribution in [0.25, 0.3) is 17.0 Å². The summed E-state index contributed by atoms with van der Waals surface area (Å²) in [6, 6.07) is 13.7. The topological polar surface area (TPSA) is 89.2 Å². The first-order chi connectivity index (χ1) is 13.8. The summed E-state index contributed by atoms with van der Waals surface area (Å²) >= 11 is 0. The Morgan fingerprint density at radius 1 is 1.03 bits per heavy atom. The Morgan fingerprint density at radius 2 is 1.79 bits per heavy atom. The molecule has 0 amide bonds. The van der Waals surface area contributed by atoms with Crippen LogP contribution in [0.15, 0.2) is 66.0 Å². The van der Waals surface area contributed by atoms with Gasteiger partial charge in [-0.15, -0.1) is 0 Å². The van der Waals surface area contributed by atoms with Gasteiger partial charge in [0.2, 0.25) is 5.95 Å². The first-order valence-electron chi connectivity index (χ1n) is 9.16. The molecule has 4 aromatic rings. The Morgan fingerprint density at radius 3 is 2.52 bits per heavy atom. The second kappa shape index (κ2) is 7.29. The molecule has 148 valence electrons. The Bertz CT molecular complexity index is 1280. The van der Waals surface area contributed by atoms with Crippen LogP contribution in [-0.2, 0) is 9.84 Å². The van der Waals surface area contributed by atoms with E-state index in [1.54, 1.807) is 6.20 Å². The second-order valence-electron chi connectivity index (χ2n) is 6.98. The van der Waals surface area contributed by atoms with Gasteiger partial charge in [0.25, 0.3) is 0 Å². The van der Waals surface area contributed by atoms with Gasteiger partial charge in [-0.1, -0.05) is 36.4 Å². The van der Waals surface area contributed by atoms with Crippen molar-refractivity contribution in [1.82, 2.24) is 19.4 Å². The summed E-state index contributed by atoms with van der Waals surface area (Å²) in [4.78, 5) is 13.3. The van der Waals surface area contributed by atoms with E-state index in [1.807, 2.05) is 66.9 Å². The van der Waals surface area contributed by atoms with E-state index in [1.165, 1.54) is 6.20 Å². The Kier molecular flexibility index (Phi) is 4.79. The predicted octanol–water partition coefficient (Wildman–Crippen LogP) is 3.68. The van der Waals surface area contributed by atoms with Crippen LogP contribution in [0.4, 0.5) is 5.95 Å². The van der Waals surface area contributed by atoms with E-state index in [2.05, 4.69) is 20.3 Å². The number of hydrogen-bond acceptors (Lipinski definition) is 6. The van der Waals surface area contributed by atoms with Crippen molar-refractivity contribution in [3.05, 3.63) is 72.2 Å². The molecule has 4 rings (SSSR count). The van der Waals surface area contributed by atoms with Crippen LogP contribution < -0.4 is 5.32 Å². The minimum atomic E-state index is -3.53. The fraction of sp³-hybridized carbons (Fsp3) is 0.190. The molecule has 7 nitrogen and oxygen atoms in total. The maximum Gasteiger partial charge on any atom is 0.223 e. The maximum absolute atomic E-state index is 12.4. The van der Waals surface area contributed by atoms with Gasteiger partial charge < -0.3 is 5.32 Å². The number of pyridine rings is 1. The molecule has 0 bridgehead atoms. The number of nitrogens with one attached hydrogen (secondary N) is 1. The fourth-order valence-corrected chi connectivity index (χ4v) is 3.99. The zero-order valence-corrected chi connectivity index (χ0v) is 17.2. The van der Waals surface area contributed by atoms with Crippen LogP contribution in [0.2, 0.25) is 0 Å². The molecule has 0 aliphatic carbocycles. The van der Waals surface area contributed by atoms with Gasteiger partial charge in [-0.2, -0.15) is 0 Å². The number of aromatic nitrogens is 4. The second-order valence-corrected chi connectivity index (χ2v) is 8.97. The van der Waals surface area contributed by atoms with E-state index in [9.17, 15) is 8.42 Å². The number of aryl methyl sites for hydroxylation is 1. The molecule has 0 aliphatic heterocycles. The van der Waals surface area contributed by atoms with Crippen molar-refractivity contribution in [2.24, 2.45) is 0 Å². The highest BCUT2D eigenvalue weighted by atomic mass is 32.2. The van der Waals surface area contributed by atoms with Crippen LogP contribution in [0.3, 0.4) is 0 Å². The molecular formula is C21H21N5O2S. The third-order valence-electron chi connectivity index (χ3n) is 4.77. The summed E-state index contributed by atoms with van der Waals surface area (Å²) < 4.78 is 26.6. The number of nitrogens with zero attached hydrogens (tertiary/aromatic N) is 4. The third-order valence-corrected chi connectivity index (χ3v) is 5.87. The maximum atomic E-state index is 12.4. The van der Waals surface area contributed by atoms with E-state index < -0.39 is 9.84 Å². The minimum absolute atomic E-state index is 0.0439. The van der Waals surface area contributed by atoms with Gasteiger partial charge in [-0.05, 0) is 31.0 Å². The normalized spacial score (nSPS) is 12.8. The van der Waals surface area contributed by atoms with Gasteiger partial charge in [0, 0.05) is 12.5 Å². The lowest BCUT2D eigenvalue weighted by molar-refractivity contribution is 0.601. The zero-order chi connectivity index (χ0) is 20.6. The van der Waals surface area contributed by atoms with Crippen LogP contribution in [0, 0.1) is 6.92 Å². The smallest absolute Gasteiger partial charge is 0.223 e. The molecule has 1 N–H and O–H groups in total. The summed E-state index contributed by atoms with van der Waals surface area (Å²) in [5.74, 6) is 0.353. The van der Waals surface area contributed by atoms with Gasteiger partial charge in [0.1, 0.15) is 16.2 Å². The van der Waals surface area contributed by atoms with Crippen molar-refractivity contribution >= 4 is 21.4 Å². The highest BCUT2D eigenvalue weighted by molar-refractivity contribution is 7.90. The molecule has 0 spiro atoms.